The monoisotopic (exact) mass is 972 g/mol. The van der Waals surface area contributed by atoms with E-state index >= 15 is 8.78 Å². The predicted molar refractivity (Wildman–Crippen MR) is 247 cm³/mol. The van der Waals surface area contributed by atoms with Crippen LogP contribution in [0.2, 0.25) is 5.02 Å². The summed E-state index contributed by atoms with van der Waals surface area (Å²) in [7, 11) is -3.13. The molecule has 0 spiro atoms. The zero-order valence-corrected chi connectivity index (χ0v) is 39.9. The van der Waals surface area contributed by atoms with Crippen molar-refractivity contribution in [1.29, 1.82) is 0 Å². The van der Waals surface area contributed by atoms with Crippen molar-refractivity contribution in [2.45, 2.75) is 146 Å². The number of nitrogens with one attached hydrogen (secondary N) is 1. The number of fused-ring (bicyclic) bond motifs is 3. The van der Waals surface area contributed by atoms with Gasteiger partial charge in [0, 0.05) is 47.2 Å². The lowest BCUT2D eigenvalue weighted by Crippen LogP contribution is -2.45. The lowest BCUT2D eigenvalue weighted by atomic mass is 9.94. The van der Waals surface area contributed by atoms with Gasteiger partial charge >= 0.3 is 5.97 Å². The number of ether oxygens (including phenoxy) is 3. The predicted octanol–water partition coefficient (Wildman–Crippen LogP) is 11.0. The summed E-state index contributed by atoms with van der Waals surface area (Å²) in [5, 5.41) is 5.08. The third kappa shape index (κ3) is 10.3. The molecule has 66 heavy (non-hydrogen) atoms. The average Bonchev–Trinajstić information content (AvgIpc) is 3.69. The van der Waals surface area contributed by atoms with Crippen LogP contribution in [0, 0.1) is 29.3 Å². The summed E-state index contributed by atoms with van der Waals surface area (Å²) in [6.07, 6.45) is 5.66. The summed E-state index contributed by atoms with van der Waals surface area (Å²) in [4.78, 5) is 66.4. The van der Waals surface area contributed by atoms with Crippen LogP contribution in [0.4, 0.5) is 18.3 Å². The summed E-state index contributed by atoms with van der Waals surface area (Å²) in [6, 6.07) is 5.52. The number of methoxy groups -OCH3 is 1. The molecule has 6 atom stereocenters. The molecule has 4 aliphatic rings. The number of benzene rings is 2. The molecule has 12 nitrogen and oxygen atoms in total. The van der Waals surface area contributed by atoms with E-state index in [1.165, 1.54) is 23.3 Å². The summed E-state index contributed by atoms with van der Waals surface area (Å²) in [5.41, 5.74) is 0.547. The van der Waals surface area contributed by atoms with Gasteiger partial charge in [0.1, 0.15) is 40.2 Å². The van der Waals surface area contributed by atoms with Gasteiger partial charge in [0.15, 0.2) is 22.5 Å². The van der Waals surface area contributed by atoms with Crippen LogP contribution in [0.3, 0.4) is 0 Å². The molecule has 18 heteroatoms. The highest BCUT2D eigenvalue weighted by molar-refractivity contribution is 7.59. The van der Waals surface area contributed by atoms with Crippen LogP contribution in [0.1, 0.15) is 116 Å². The molecule has 2 aliphatic carbocycles. The van der Waals surface area contributed by atoms with Crippen LogP contribution in [0.15, 0.2) is 35.7 Å². The Morgan fingerprint density at radius 2 is 1.68 bits per heavy atom. The van der Waals surface area contributed by atoms with Gasteiger partial charge < -0.3 is 29.3 Å². The van der Waals surface area contributed by atoms with E-state index in [1.807, 2.05) is 19.2 Å². The third-order valence-corrected chi connectivity index (χ3v) is 17.8. The minimum Gasteiger partial charge on any atom is -0.495 e. The number of hydrogen-bond acceptors (Lipinski definition) is 11. The van der Waals surface area contributed by atoms with Crippen LogP contribution < -0.4 is 14.8 Å². The zero-order valence-electron chi connectivity index (χ0n) is 37.5. The molecule has 4 aromatic rings. The molecule has 4 heterocycles. The van der Waals surface area contributed by atoms with Crippen molar-refractivity contribution in [3.8, 4) is 22.9 Å². The highest BCUT2D eigenvalue weighted by Crippen LogP contribution is 2.75. The number of hydrogen-bond donors (Lipinski definition) is 2. The van der Waals surface area contributed by atoms with Crippen molar-refractivity contribution in [2.75, 3.05) is 19.0 Å². The fraction of sp³-hybridized carbons (Fsp3) is 0.562. The maximum Gasteiger partial charge on any atom is 0.306 e. The van der Waals surface area contributed by atoms with Crippen LogP contribution >= 0.6 is 30.3 Å². The highest BCUT2D eigenvalue weighted by atomic mass is 35.5. The zero-order chi connectivity index (χ0) is 46.9. The molecule has 8 rings (SSSR count). The second kappa shape index (κ2) is 20.2. The number of anilines is 1. The number of aromatic nitrogens is 2. The molecule has 1 unspecified atom stereocenters. The van der Waals surface area contributed by atoms with Gasteiger partial charge in [-0.1, -0.05) is 43.7 Å². The largest absolute Gasteiger partial charge is 0.495 e. The molecule has 2 aliphatic heterocycles. The van der Waals surface area contributed by atoms with Crippen LogP contribution in [-0.4, -0.2) is 80.5 Å². The maximum absolute atomic E-state index is 15.0. The average molecular weight is 973 g/mol. The number of rotatable bonds is 12. The Labute approximate surface area is 391 Å². The van der Waals surface area contributed by atoms with Gasteiger partial charge in [-0.3, -0.25) is 18.9 Å². The Morgan fingerprint density at radius 3 is 2.42 bits per heavy atom. The maximum atomic E-state index is 15.0. The van der Waals surface area contributed by atoms with Gasteiger partial charge in [0.05, 0.1) is 48.6 Å². The molecule has 4 fully saturated rings. The molecule has 2 aromatic carbocycles. The summed E-state index contributed by atoms with van der Waals surface area (Å²) < 4.78 is 77.2. The fourth-order valence-corrected chi connectivity index (χ4v) is 14.0. The number of esters is 1. The topological polar surface area (TPSA) is 157 Å². The minimum atomic E-state index is -4.62. The second-order valence-corrected chi connectivity index (χ2v) is 22.6. The molecule has 1 amide bonds. The van der Waals surface area contributed by atoms with Gasteiger partial charge in [-0.05, 0) is 89.0 Å². The van der Waals surface area contributed by atoms with Gasteiger partial charge in [-0.15, -0.1) is 11.3 Å². The van der Waals surface area contributed by atoms with Gasteiger partial charge in [0.2, 0.25) is 13.3 Å². The molecule has 2 N–H and O–H groups in total. The van der Waals surface area contributed by atoms with Crippen molar-refractivity contribution in [3.05, 3.63) is 63.7 Å². The van der Waals surface area contributed by atoms with Crippen molar-refractivity contribution in [1.82, 2.24) is 14.9 Å². The first kappa shape index (κ1) is 48.2. The lowest BCUT2D eigenvalue weighted by Gasteiger charge is -2.30. The molecular formula is C48H57ClF3N4O8PS. The van der Waals surface area contributed by atoms with Crippen LogP contribution in [0.25, 0.3) is 22.3 Å². The number of halogens is 4. The fourth-order valence-electron chi connectivity index (χ4n) is 10.2. The number of pyridine rings is 1. The molecule has 356 valence electrons. The number of thiazole rings is 1. The first-order valence-electron chi connectivity index (χ1n) is 23.1. The van der Waals surface area contributed by atoms with Crippen molar-refractivity contribution in [2.24, 2.45) is 11.8 Å². The molecule has 2 aromatic heterocycles. The number of Topliss-reactive ketones (excluding diaryl/α,β-unsaturated/α-hetero) is 1. The van der Waals surface area contributed by atoms with E-state index in [2.05, 4.69) is 5.32 Å². The number of ketones is 1. The molecule has 0 radical (unpaired) electrons. The minimum absolute atomic E-state index is 0.00433. The third-order valence-electron chi connectivity index (χ3n) is 13.8. The van der Waals surface area contributed by atoms with Gasteiger partial charge in [-0.25, -0.2) is 23.1 Å². The molecular weight excluding hydrogens is 916 g/mol. The van der Waals surface area contributed by atoms with E-state index in [4.69, 9.17) is 35.8 Å². The first-order chi connectivity index (χ1) is 31.6. The summed E-state index contributed by atoms with van der Waals surface area (Å²) in [6.45, 7) is 3.95. The molecule has 2 saturated carbocycles. The quantitative estimate of drug-likeness (QED) is 0.0791. The molecule has 0 bridgehead atoms. The Bertz CT molecular complexity index is 2520. The number of nitrogens with zero attached hydrogens (tertiary/aromatic N) is 3. The number of carbonyl (C=O) groups is 3. The Morgan fingerprint density at radius 1 is 0.970 bits per heavy atom. The van der Waals surface area contributed by atoms with Crippen LogP contribution in [0.5, 0.6) is 11.5 Å². The first-order valence-corrected chi connectivity index (χ1v) is 26.2. The lowest BCUT2D eigenvalue weighted by molar-refractivity contribution is -0.154. The summed E-state index contributed by atoms with van der Waals surface area (Å²) in [5.74, 6) is -5.92. The Hall–Kier alpha value is -4.24. The van der Waals surface area contributed by atoms with E-state index in [9.17, 15) is 28.2 Å². The number of carbonyl (C=O) groups excluding carboxylic acids is 3. The smallest absolute Gasteiger partial charge is 0.306 e. The Balaban J connectivity index is 1.15. The van der Waals surface area contributed by atoms with Crippen LogP contribution in [-0.2, 0) is 29.8 Å². The van der Waals surface area contributed by atoms with Gasteiger partial charge in [-0.2, -0.15) is 0 Å². The van der Waals surface area contributed by atoms with Crippen molar-refractivity contribution in [3.63, 3.8) is 0 Å². The van der Waals surface area contributed by atoms with E-state index in [0.29, 0.717) is 70.7 Å². The van der Waals surface area contributed by atoms with Crippen molar-refractivity contribution < 1.29 is 51.2 Å². The SMILES string of the molecule is COc1ccc2c(O[C@@H]3C[C@H]4C(=O)C[C@]5(P(=O)(O)Cc6c(F)ccc(F)c6F)C[C@H]5CCCCCCC[C@H](CC(=O)OC5CCCC5)C(=O)N4C3)cc(-c3csc(NC(C)C)n3)nc2c1Cl. The normalized spacial score (nSPS) is 25.2. The highest BCUT2D eigenvalue weighted by Gasteiger charge is 2.66. The van der Waals surface area contributed by atoms with Crippen molar-refractivity contribution >= 4 is 64.0 Å². The second-order valence-electron chi connectivity index (χ2n) is 18.8. The van der Waals surface area contributed by atoms with E-state index in [1.54, 1.807) is 18.2 Å². The number of amides is 1. The van der Waals surface area contributed by atoms with E-state index in [0.717, 1.165) is 51.0 Å². The molecule has 2 saturated heterocycles. The standard InChI is InChI=1S/C48H57ClF3N4O8PS/c1-27(2)53-47-55-37(26-66-47)36-21-41(32-15-18-40(62-3)43(49)45(32)54-36)63-31-20-38-39(57)23-48(65(60,61)25-33-34(50)16-17-35(51)44(33)52)22-29(48)12-8-6-4-5-7-11-28(46(59)56(38)24-31)19-42(58)64-30-13-9-10-14-30/h15-18,21,26-31,38H,4-14,19-20,22-25H2,1-3H3,(H,53,55)(H,60,61)/t28-,29-,31-,38+,48-/m1/s1. The van der Waals surface area contributed by atoms with E-state index in [-0.39, 0.29) is 43.0 Å². The Kier molecular flexibility index (Phi) is 14.7. The summed E-state index contributed by atoms with van der Waals surface area (Å²) >= 11 is 8.28. The van der Waals surface area contributed by atoms with E-state index < -0.39 is 89.8 Å². The van der Waals surface area contributed by atoms with Gasteiger partial charge in [0.25, 0.3) is 0 Å².